The van der Waals surface area contributed by atoms with Gasteiger partial charge in [0, 0.05) is 50.6 Å². The minimum absolute atomic E-state index is 0.0933. The number of carbonyl (C=O) groups excluding carboxylic acids is 1. The lowest BCUT2D eigenvalue weighted by Crippen LogP contribution is -2.46. The molecule has 1 amide bonds. The Kier molecular flexibility index (Phi) is 4.04. The predicted molar refractivity (Wildman–Crippen MR) is 75.8 cm³/mol. The second-order valence-electron chi connectivity index (χ2n) is 5.17. The monoisotopic (exact) mass is 262 g/mol. The molecule has 5 nitrogen and oxygen atoms in total. The van der Waals surface area contributed by atoms with Gasteiger partial charge in [-0.2, -0.15) is 5.10 Å². The number of aromatic nitrogens is 2. The van der Waals surface area contributed by atoms with E-state index in [0.717, 1.165) is 43.1 Å². The van der Waals surface area contributed by atoms with Crippen molar-refractivity contribution in [3.05, 3.63) is 23.0 Å². The van der Waals surface area contributed by atoms with Crippen LogP contribution in [0.1, 0.15) is 17.0 Å². The van der Waals surface area contributed by atoms with E-state index in [1.165, 1.54) is 0 Å². The van der Waals surface area contributed by atoms with Crippen LogP contribution in [-0.2, 0) is 11.8 Å². The smallest absolute Gasteiger partial charge is 0.246 e. The topological polar surface area (TPSA) is 41.4 Å². The van der Waals surface area contributed by atoms with E-state index in [9.17, 15) is 4.79 Å². The third-order valence-corrected chi connectivity index (χ3v) is 3.77. The van der Waals surface area contributed by atoms with E-state index in [-0.39, 0.29) is 5.91 Å². The van der Waals surface area contributed by atoms with E-state index >= 15 is 0 Å². The maximum absolute atomic E-state index is 12.1. The summed E-state index contributed by atoms with van der Waals surface area (Å²) < 4.78 is 1.84. The Morgan fingerprint density at radius 3 is 2.32 bits per heavy atom. The fraction of sp³-hybridized carbons (Fsp3) is 0.571. The van der Waals surface area contributed by atoms with Gasteiger partial charge in [-0.25, -0.2) is 0 Å². The van der Waals surface area contributed by atoms with Crippen molar-refractivity contribution in [3.8, 4) is 0 Å². The lowest BCUT2D eigenvalue weighted by atomic mass is 10.2. The summed E-state index contributed by atoms with van der Waals surface area (Å²) in [4.78, 5) is 16.2. The molecule has 0 spiro atoms. The lowest BCUT2D eigenvalue weighted by molar-refractivity contribution is -0.127. The zero-order chi connectivity index (χ0) is 14.0. The molecule has 1 aliphatic heterocycles. The molecule has 19 heavy (non-hydrogen) atoms. The summed E-state index contributed by atoms with van der Waals surface area (Å²) in [5.41, 5.74) is 3.09. The zero-order valence-corrected chi connectivity index (χ0v) is 12.2. The Bertz CT molecular complexity index is 496. The lowest BCUT2D eigenvalue weighted by Gasteiger charge is -2.31. The number of piperazine rings is 1. The van der Waals surface area contributed by atoms with Crippen LogP contribution in [0.15, 0.2) is 6.08 Å². The molecule has 104 valence electrons. The Balaban J connectivity index is 2.04. The largest absolute Gasteiger partial charge is 0.337 e. The number of hydrogen-bond donors (Lipinski definition) is 0. The Labute approximate surface area is 114 Å². The fourth-order valence-electron chi connectivity index (χ4n) is 2.32. The van der Waals surface area contributed by atoms with Crippen LogP contribution < -0.4 is 0 Å². The van der Waals surface area contributed by atoms with Crippen LogP contribution in [-0.4, -0.2) is 58.7 Å². The molecular formula is C14H22N4O. The molecule has 1 aromatic rings. The van der Waals surface area contributed by atoms with Crippen molar-refractivity contribution in [3.63, 3.8) is 0 Å². The third-order valence-electron chi connectivity index (χ3n) is 3.77. The van der Waals surface area contributed by atoms with Gasteiger partial charge in [-0.15, -0.1) is 0 Å². The summed E-state index contributed by atoms with van der Waals surface area (Å²) in [5, 5.41) is 4.34. The summed E-state index contributed by atoms with van der Waals surface area (Å²) in [7, 11) is 4.00. The highest BCUT2D eigenvalue weighted by molar-refractivity contribution is 5.92. The fourth-order valence-corrected chi connectivity index (χ4v) is 2.32. The Hall–Kier alpha value is -1.62. The molecule has 1 saturated heterocycles. The highest BCUT2D eigenvalue weighted by Crippen LogP contribution is 2.14. The summed E-state index contributed by atoms with van der Waals surface area (Å²) in [6.07, 6.45) is 3.56. The van der Waals surface area contributed by atoms with Crippen molar-refractivity contribution in [1.29, 1.82) is 0 Å². The second kappa shape index (κ2) is 5.57. The van der Waals surface area contributed by atoms with E-state index in [1.54, 1.807) is 6.08 Å². The van der Waals surface area contributed by atoms with Gasteiger partial charge in [0.2, 0.25) is 5.91 Å². The summed E-state index contributed by atoms with van der Waals surface area (Å²) >= 11 is 0. The second-order valence-corrected chi connectivity index (χ2v) is 5.17. The molecule has 0 atom stereocenters. The van der Waals surface area contributed by atoms with Crippen LogP contribution in [0.2, 0.25) is 0 Å². The molecule has 1 aliphatic rings. The van der Waals surface area contributed by atoms with Crippen LogP contribution >= 0.6 is 0 Å². The first kappa shape index (κ1) is 13.8. The number of hydrogen-bond acceptors (Lipinski definition) is 3. The standard InChI is InChI=1S/C14H22N4O/c1-11-13(12(2)17(4)15-11)5-6-14(19)18-9-7-16(3)8-10-18/h5-6H,7-10H2,1-4H3. The van der Waals surface area contributed by atoms with Gasteiger partial charge in [-0.3, -0.25) is 9.48 Å². The van der Waals surface area contributed by atoms with E-state index < -0.39 is 0 Å². The van der Waals surface area contributed by atoms with Gasteiger partial charge in [-0.05, 0) is 27.0 Å². The predicted octanol–water partition coefficient (Wildman–Crippen LogP) is 0.824. The third kappa shape index (κ3) is 3.04. The molecule has 0 aromatic carbocycles. The molecular weight excluding hydrogens is 240 g/mol. The van der Waals surface area contributed by atoms with Crippen molar-refractivity contribution in [2.24, 2.45) is 7.05 Å². The zero-order valence-electron chi connectivity index (χ0n) is 12.2. The van der Waals surface area contributed by atoms with Crippen LogP contribution in [0.3, 0.4) is 0 Å². The Morgan fingerprint density at radius 1 is 1.16 bits per heavy atom. The molecule has 0 unspecified atom stereocenters. The van der Waals surface area contributed by atoms with Crippen molar-refractivity contribution in [1.82, 2.24) is 19.6 Å². The molecule has 1 aromatic heterocycles. The van der Waals surface area contributed by atoms with Gasteiger partial charge in [-0.1, -0.05) is 0 Å². The molecule has 0 bridgehead atoms. The Morgan fingerprint density at radius 2 is 1.79 bits per heavy atom. The van der Waals surface area contributed by atoms with E-state index in [4.69, 9.17) is 0 Å². The number of likely N-dealkylation sites (N-methyl/N-ethyl adjacent to an activating group) is 1. The minimum atomic E-state index is 0.0933. The van der Waals surface area contributed by atoms with Crippen LogP contribution in [0.25, 0.3) is 6.08 Å². The van der Waals surface area contributed by atoms with E-state index in [0.29, 0.717) is 0 Å². The molecule has 0 aliphatic carbocycles. The van der Waals surface area contributed by atoms with Crippen molar-refractivity contribution in [2.45, 2.75) is 13.8 Å². The molecule has 0 saturated carbocycles. The SMILES string of the molecule is Cc1nn(C)c(C)c1C=CC(=O)N1CCN(C)CC1. The highest BCUT2D eigenvalue weighted by atomic mass is 16.2. The number of amides is 1. The minimum Gasteiger partial charge on any atom is -0.337 e. The van der Waals surface area contributed by atoms with Crippen molar-refractivity contribution >= 4 is 12.0 Å². The van der Waals surface area contributed by atoms with Gasteiger partial charge in [0.05, 0.1) is 5.69 Å². The normalized spacial score (nSPS) is 17.4. The summed E-state index contributed by atoms with van der Waals surface area (Å²) in [5.74, 6) is 0.0933. The van der Waals surface area contributed by atoms with E-state index in [1.807, 2.05) is 36.6 Å². The molecule has 0 radical (unpaired) electrons. The molecule has 2 heterocycles. The maximum Gasteiger partial charge on any atom is 0.246 e. The van der Waals surface area contributed by atoms with Gasteiger partial charge >= 0.3 is 0 Å². The van der Waals surface area contributed by atoms with Crippen LogP contribution in [0.4, 0.5) is 0 Å². The van der Waals surface area contributed by atoms with Gasteiger partial charge in [0.15, 0.2) is 0 Å². The number of nitrogens with zero attached hydrogens (tertiary/aromatic N) is 4. The van der Waals surface area contributed by atoms with Crippen LogP contribution in [0.5, 0.6) is 0 Å². The first-order chi connectivity index (χ1) is 8.99. The highest BCUT2D eigenvalue weighted by Gasteiger charge is 2.17. The first-order valence-corrected chi connectivity index (χ1v) is 6.64. The number of aryl methyl sites for hydroxylation is 2. The van der Waals surface area contributed by atoms with Crippen molar-refractivity contribution in [2.75, 3.05) is 33.2 Å². The summed E-state index contributed by atoms with van der Waals surface area (Å²) in [6, 6.07) is 0. The van der Waals surface area contributed by atoms with Gasteiger partial charge < -0.3 is 9.80 Å². The van der Waals surface area contributed by atoms with Gasteiger partial charge in [0.25, 0.3) is 0 Å². The average molecular weight is 262 g/mol. The van der Waals surface area contributed by atoms with Crippen LogP contribution in [0, 0.1) is 13.8 Å². The molecule has 5 heteroatoms. The van der Waals surface area contributed by atoms with Gasteiger partial charge in [0.1, 0.15) is 0 Å². The van der Waals surface area contributed by atoms with Crippen molar-refractivity contribution < 1.29 is 4.79 Å². The average Bonchev–Trinajstić information content (AvgIpc) is 2.62. The quantitative estimate of drug-likeness (QED) is 0.741. The first-order valence-electron chi connectivity index (χ1n) is 6.64. The maximum atomic E-state index is 12.1. The summed E-state index contributed by atoms with van der Waals surface area (Å²) in [6.45, 7) is 7.50. The molecule has 1 fully saturated rings. The van der Waals surface area contributed by atoms with E-state index in [2.05, 4.69) is 17.0 Å². The number of rotatable bonds is 2. The number of carbonyl (C=O) groups is 1. The molecule has 2 rings (SSSR count). The molecule has 0 N–H and O–H groups in total.